The Balaban J connectivity index is 1.86. The molecule has 3 rings (SSSR count). The number of carbonyl (C=O) groups excluding carboxylic acids is 1. The standard InChI is InChI=1S/C13H15N7O4S/c1-18-10-9(11(22)19(2)13(18)23)20(6-14-10)4-7(21)15-12-17-16-8(25-12)5-24-3/h6H,4-5H2,1-3H3,(H,15,17,21). The zero-order chi connectivity index (χ0) is 18.1. The van der Waals surface area contributed by atoms with E-state index in [0.717, 1.165) is 4.57 Å². The molecule has 0 unspecified atom stereocenters. The molecule has 0 fully saturated rings. The van der Waals surface area contributed by atoms with Crippen LogP contribution in [-0.4, -0.2) is 41.9 Å². The molecule has 132 valence electrons. The van der Waals surface area contributed by atoms with Crippen LogP contribution < -0.4 is 16.6 Å². The monoisotopic (exact) mass is 365 g/mol. The van der Waals surface area contributed by atoms with Crippen LogP contribution in [0.1, 0.15) is 5.01 Å². The summed E-state index contributed by atoms with van der Waals surface area (Å²) in [6.07, 6.45) is 1.35. The van der Waals surface area contributed by atoms with Crippen molar-refractivity contribution in [2.24, 2.45) is 14.1 Å². The lowest BCUT2D eigenvalue weighted by Gasteiger charge is -2.06. The molecule has 0 radical (unpaired) electrons. The maximum atomic E-state index is 12.3. The molecule has 0 aromatic carbocycles. The molecular formula is C13H15N7O4S. The average Bonchev–Trinajstić information content (AvgIpc) is 3.18. The third-order valence-electron chi connectivity index (χ3n) is 3.51. The highest BCUT2D eigenvalue weighted by molar-refractivity contribution is 7.15. The Morgan fingerprint density at radius 2 is 2.04 bits per heavy atom. The number of rotatable bonds is 5. The van der Waals surface area contributed by atoms with E-state index < -0.39 is 17.2 Å². The van der Waals surface area contributed by atoms with Gasteiger partial charge in [0.25, 0.3) is 5.56 Å². The van der Waals surface area contributed by atoms with Crippen LogP contribution in [0.25, 0.3) is 11.2 Å². The predicted octanol–water partition coefficient (Wildman–Crippen LogP) is -0.930. The van der Waals surface area contributed by atoms with Gasteiger partial charge in [-0.15, -0.1) is 10.2 Å². The number of hydrogen-bond acceptors (Lipinski definition) is 8. The molecule has 0 atom stereocenters. The van der Waals surface area contributed by atoms with E-state index >= 15 is 0 Å². The number of fused-ring (bicyclic) bond motifs is 1. The number of aromatic nitrogens is 6. The molecule has 25 heavy (non-hydrogen) atoms. The van der Waals surface area contributed by atoms with E-state index in [4.69, 9.17) is 4.74 Å². The van der Waals surface area contributed by atoms with Crippen molar-refractivity contribution in [1.29, 1.82) is 0 Å². The van der Waals surface area contributed by atoms with Gasteiger partial charge in [-0.05, 0) is 0 Å². The summed E-state index contributed by atoms with van der Waals surface area (Å²) in [5, 5.41) is 11.3. The SMILES string of the molecule is COCc1nnc(NC(=O)Cn2cnc3c2c(=O)n(C)c(=O)n3C)s1. The molecule has 0 aliphatic rings. The number of nitrogens with zero attached hydrogens (tertiary/aromatic N) is 6. The van der Waals surface area contributed by atoms with Gasteiger partial charge in [0.05, 0.1) is 6.33 Å². The summed E-state index contributed by atoms with van der Waals surface area (Å²) < 4.78 is 8.56. The molecule has 0 aliphatic carbocycles. The lowest BCUT2D eigenvalue weighted by Crippen LogP contribution is -2.37. The second-order valence-electron chi connectivity index (χ2n) is 5.23. The van der Waals surface area contributed by atoms with E-state index in [1.807, 2.05) is 0 Å². The molecule has 1 N–H and O–H groups in total. The Morgan fingerprint density at radius 1 is 1.28 bits per heavy atom. The van der Waals surface area contributed by atoms with E-state index in [0.29, 0.717) is 16.7 Å². The first-order valence-electron chi connectivity index (χ1n) is 7.14. The molecule has 3 aromatic rings. The van der Waals surface area contributed by atoms with E-state index in [9.17, 15) is 14.4 Å². The Labute approximate surface area is 144 Å². The van der Waals surface area contributed by atoms with Crippen molar-refractivity contribution in [3.8, 4) is 0 Å². The second-order valence-corrected chi connectivity index (χ2v) is 6.29. The zero-order valence-corrected chi connectivity index (χ0v) is 14.5. The van der Waals surface area contributed by atoms with Crippen molar-refractivity contribution in [2.45, 2.75) is 13.2 Å². The third-order valence-corrected chi connectivity index (χ3v) is 4.32. The normalized spacial score (nSPS) is 11.2. The first kappa shape index (κ1) is 17.0. The van der Waals surface area contributed by atoms with Crippen LogP contribution >= 0.6 is 11.3 Å². The number of nitrogens with one attached hydrogen (secondary N) is 1. The summed E-state index contributed by atoms with van der Waals surface area (Å²) in [6.45, 7) is 0.160. The molecule has 0 saturated carbocycles. The fourth-order valence-corrected chi connectivity index (χ4v) is 3.04. The largest absolute Gasteiger partial charge is 0.377 e. The van der Waals surface area contributed by atoms with Crippen LogP contribution in [0, 0.1) is 0 Å². The lowest BCUT2D eigenvalue weighted by molar-refractivity contribution is -0.116. The molecule has 11 nitrogen and oxygen atoms in total. The van der Waals surface area contributed by atoms with Gasteiger partial charge < -0.3 is 9.30 Å². The summed E-state index contributed by atoms with van der Waals surface area (Å²) in [5.41, 5.74) is -0.593. The maximum Gasteiger partial charge on any atom is 0.332 e. The summed E-state index contributed by atoms with van der Waals surface area (Å²) in [7, 11) is 4.43. The first-order valence-corrected chi connectivity index (χ1v) is 7.96. The van der Waals surface area contributed by atoms with Crippen molar-refractivity contribution in [3.63, 3.8) is 0 Å². The molecule has 3 aromatic heterocycles. The number of imidazole rings is 1. The van der Waals surface area contributed by atoms with Crippen LogP contribution in [0.5, 0.6) is 0 Å². The van der Waals surface area contributed by atoms with E-state index in [2.05, 4.69) is 20.5 Å². The molecule has 0 aliphatic heterocycles. The minimum atomic E-state index is -0.512. The minimum absolute atomic E-state index is 0.150. The highest BCUT2D eigenvalue weighted by Crippen LogP contribution is 2.16. The Hall–Kier alpha value is -2.86. The highest BCUT2D eigenvalue weighted by Gasteiger charge is 2.16. The number of hydrogen-bond donors (Lipinski definition) is 1. The minimum Gasteiger partial charge on any atom is -0.377 e. The topological polar surface area (TPSA) is 126 Å². The summed E-state index contributed by atoms with van der Waals surface area (Å²) in [5.74, 6) is -0.393. The smallest absolute Gasteiger partial charge is 0.332 e. The van der Waals surface area contributed by atoms with E-state index in [1.165, 1.54) is 48.0 Å². The molecule has 0 spiro atoms. The van der Waals surface area contributed by atoms with Crippen molar-refractivity contribution in [2.75, 3.05) is 12.4 Å². The second kappa shape index (κ2) is 6.57. The molecule has 0 bridgehead atoms. The van der Waals surface area contributed by atoms with Gasteiger partial charge in [-0.2, -0.15) is 0 Å². The van der Waals surface area contributed by atoms with Crippen molar-refractivity contribution < 1.29 is 9.53 Å². The Bertz CT molecular complexity index is 1060. The number of ether oxygens (including phenoxy) is 1. The predicted molar refractivity (Wildman–Crippen MR) is 89.5 cm³/mol. The van der Waals surface area contributed by atoms with Gasteiger partial charge in [-0.1, -0.05) is 11.3 Å². The number of anilines is 1. The summed E-state index contributed by atoms with van der Waals surface area (Å²) in [4.78, 5) is 40.5. The quantitative estimate of drug-likeness (QED) is 0.619. The van der Waals surface area contributed by atoms with Gasteiger partial charge >= 0.3 is 5.69 Å². The third kappa shape index (κ3) is 3.08. The Morgan fingerprint density at radius 3 is 2.76 bits per heavy atom. The number of methoxy groups -OCH3 is 1. The van der Waals surface area contributed by atoms with Crippen LogP contribution in [0.3, 0.4) is 0 Å². The lowest BCUT2D eigenvalue weighted by atomic mass is 10.4. The van der Waals surface area contributed by atoms with Crippen LogP contribution in [0.2, 0.25) is 0 Å². The van der Waals surface area contributed by atoms with E-state index in [1.54, 1.807) is 0 Å². The maximum absolute atomic E-state index is 12.3. The fraction of sp³-hybridized carbons (Fsp3) is 0.385. The van der Waals surface area contributed by atoms with Crippen LogP contribution in [0.4, 0.5) is 5.13 Å². The summed E-state index contributed by atoms with van der Waals surface area (Å²) >= 11 is 1.20. The number of carbonyl (C=O) groups is 1. The first-order chi connectivity index (χ1) is 11.9. The molecule has 3 heterocycles. The van der Waals surface area contributed by atoms with Crippen LogP contribution in [-0.2, 0) is 36.8 Å². The van der Waals surface area contributed by atoms with Gasteiger partial charge in [0.1, 0.15) is 18.2 Å². The zero-order valence-electron chi connectivity index (χ0n) is 13.7. The number of aryl methyl sites for hydroxylation is 1. The van der Waals surface area contributed by atoms with Crippen molar-refractivity contribution in [1.82, 2.24) is 28.9 Å². The number of amides is 1. The van der Waals surface area contributed by atoms with Gasteiger partial charge in [-0.25, -0.2) is 9.78 Å². The Kier molecular flexibility index (Phi) is 4.46. The van der Waals surface area contributed by atoms with E-state index in [-0.39, 0.29) is 17.7 Å². The summed E-state index contributed by atoms with van der Waals surface area (Å²) in [6, 6.07) is 0. The van der Waals surface area contributed by atoms with Crippen molar-refractivity contribution in [3.05, 3.63) is 32.2 Å². The van der Waals surface area contributed by atoms with Crippen LogP contribution in [0.15, 0.2) is 15.9 Å². The van der Waals surface area contributed by atoms with Gasteiger partial charge in [-0.3, -0.25) is 24.0 Å². The fourth-order valence-electron chi connectivity index (χ4n) is 2.32. The average molecular weight is 365 g/mol. The molecule has 12 heteroatoms. The molecular weight excluding hydrogens is 350 g/mol. The van der Waals surface area contributed by atoms with Gasteiger partial charge in [0.15, 0.2) is 11.2 Å². The van der Waals surface area contributed by atoms with Crippen molar-refractivity contribution >= 4 is 33.5 Å². The highest BCUT2D eigenvalue weighted by atomic mass is 32.1. The van der Waals surface area contributed by atoms with Gasteiger partial charge in [0, 0.05) is 21.2 Å². The molecule has 1 amide bonds. The molecule has 0 saturated heterocycles. The van der Waals surface area contributed by atoms with Gasteiger partial charge in [0.2, 0.25) is 11.0 Å².